The topological polar surface area (TPSA) is 32.7 Å². The molecule has 3 heteroatoms. The van der Waals surface area contributed by atoms with Crippen LogP contribution in [0.2, 0.25) is 0 Å². The van der Waals surface area contributed by atoms with Gasteiger partial charge in [0, 0.05) is 18.5 Å². The summed E-state index contributed by atoms with van der Waals surface area (Å²) in [4.78, 5) is 2.53. The molecule has 20 heavy (non-hydrogen) atoms. The summed E-state index contributed by atoms with van der Waals surface area (Å²) in [6.07, 6.45) is 5.57. The summed E-state index contributed by atoms with van der Waals surface area (Å²) in [6.45, 7) is 0.785. The highest BCUT2D eigenvalue weighted by Crippen LogP contribution is 2.43. The van der Waals surface area contributed by atoms with E-state index in [9.17, 15) is 5.11 Å². The molecule has 108 valence electrons. The van der Waals surface area contributed by atoms with Crippen LogP contribution in [-0.2, 0) is 6.42 Å². The van der Waals surface area contributed by atoms with Crippen molar-refractivity contribution < 1.29 is 9.84 Å². The summed E-state index contributed by atoms with van der Waals surface area (Å²) in [5, 5.41) is 10.8. The molecule has 0 aliphatic carbocycles. The fraction of sp³-hybridized carbons (Fsp3) is 0.647. The zero-order valence-electron chi connectivity index (χ0n) is 12.1. The molecule has 1 aromatic carbocycles. The lowest BCUT2D eigenvalue weighted by atomic mass is 9.83. The van der Waals surface area contributed by atoms with E-state index < -0.39 is 0 Å². The van der Waals surface area contributed by atoms with E-state index >= 15 is 0 Å². The monoisotopic (exact) mass is 273 g/mol. The molecular formula is C17H23NO2. The first-order valence-corrected chi connectivity index (χ1v) is 7.88. The molecular weight excluding hydrogens is 250 g/mol. The van der Waals surface area contributed by atoms with Crippen molar-refractivity contribution in [1.29, 1.82) is 0 Å². The first kappa shape index (κ1) is 12.7. The van der Waals surface area contributed by atoms with Crippen LogP contribution in [-0.4, -0.2) is 35.7 Å². The largest absolute Gasteiger partial charge is 0.493 e. The molecule has 0 saturated carbocycles. The van der Waals surface area contributed by atoms with E-state index in [-0.39, 0.29) is 6.10 Å². The number of hydrogen-bond acceptors (Lipinski definition) is 3. The SMILES string of the molecule is CN1C2CCC1CC(C(O)c1ccc3c(c1)CCO3)C2. The average molecular weight is 273 g/mol. The quantitative estimate of drug-likeness (QED) is 0.899. The highest BCUT2D eigenvalue weighted by atomic mass is 16.5. The molecule has 4 rings (SSSR count). The van der Waals surface area contributed by atoms with Crippen LogP contribution >= 0.6 is 0 Å². The Balaban J connectivity index is 1.54. The highest BCUT2D eigenvalue weighted by Gasteiger charge is 2.41. The summed E-state index contributed by atoms with van der Waals surface area (Å²) < 4.78 is 5.55. The Morgan fingerprint density at radius 3 is 2.75 bits per heavy atom. The van der Waals surface area contributed by atoms with Crippen LogP contribution in [0.25, 0.3) is 0 Å². The van der Waals surface area contributed by atoms with Crippen molar-refractivity contribution in [2.24, 2.45) is 5.92 Å². The van der Waals surface area contributed by atoms with E-state index in [1.54, 1.807) is 0 Å². The van der Waals surface area contributed by atoms with Crippen molar-refractivity contribution >= 4 is 0 Å². The molecule has 0 aromatic heterocycles. The van der Waals surface area contributed by atoms with Crippen LogP contribution in [0.1, 0.15) is 42.9 Å². The van der Waals surface area contributed by atoms with Crippen molar-refractivity contribution in [3.63, 3.8) is 0 Å². The van der Waals surface area contributed by atoms with Crippen LogP contribution in [0.3, 0.4) is 0 Å². The third-order valence-electron chi connectivity index (χ3n) is 5.64. The predicted molar refractivity (Wildman–Crippen MR) is 77.9 cm³/mol. The lowest BCUT2D eigenvalue weighted by Gasteiger charge is -2.38. The van der Waals surface area contributed by atoms with Crippen LogP contribution in [0.4, 0.5) is 0 Å². The number of hydrogen-bond donors (Lipinski definition) is 1. The van der Waals surface area contributed by atoms with Crippen LogP contribution in [0.15, 0.2) is 18.2 Å². The predicted octanol–water partition coefficient (Wildman–Crippen LogP) is 2.53. The molecule has 3 atom stereocenters. The smallest absolute Gasteiger partial charge is 0.122 e. The molecule has 3 unspecified atom stereocenters. The summed E-state index contributed by atoms with van der Waals surface area (Å²) in [7, 11) is 2.25. The number of aliphatic hydroxyl groups is 1. The zero-order valence-corrected chi connectivity index (χ0v) is 12.1. The molecule has 0 radical (unpaired) electrons. The van der Waals surface area contributed by atoms with Gasteiger partial charge < -0.3 is 14.7 Å². The Hall–Kier alpha value is -1.06. The maximum absolute atomic E-state index is 10.8. The number of nitrogens with zero attached hydrogens (tertiary/aromatic N) is 1. The number of fused-ring (bicyclic) bond motifs is 3. The summed E-state index contributed by atoms with van der Waals surface area (Å²) in [5.41, 5.74) is 2.35. The van der Waals surface area contributed by atoms with Crippen LogP contribution in [0, 0.1) is 5.92 Å². The van der Waals surface area contributed by atoms with Gasteiger partial charge in [-0.15, -0.1) is 0 Å². The number of benzene rings is 1. The first-order valence-electron chi connectivity index (χ1n) is 7.88. The van der Waals surface area contributed by atoms with Gasteiger partial charge in [-0.3, -0.25) is 0 Å². The van der Waals surface area contributed by atoms with Crippen molar-refractivity contribution in [3.05, 3.63) is 29.3 Å². The van der Waals surface area contributed by atoms with Gasteiger partial charge in [-0.2, -0.15) is 0 Å². The van der Waals surface area contributed by atoms with Gasteiger partial charge in [-0.05, 0) is 61.9 Å². The Morgan fingerprint density at radius 1 is 1.25 bits per heavy atom. The maximum Gasteiger partial charge on any atom is 0.122 e. The van der Waals surface area contributed by atoms with Gasteiger partial charge >= 0.3 is 0 Å². The summed E-state index contributed by atoms with van der Waals surface area (Å²) in [6, 6.07) is 7.62. The minimum absolute atomic E-state index is 0.308. The third kappa shape index (κ3) is 1.95. The summed E-state index contributed by atoms with van der Waals surface area (Å²) in [5.74, 6) is 1.42. The zero-order chi connectivity index (χ0) is 13.7. The lowest BCUT2D eigenvalue weighted by Crippen LogP contribution is -2.41. The molecule has 0 spiro atoms. The van der Waals surface area contributed by atoms with Gasteiger partial charge in [-0.25, -0.2) is 0 Å². The highest BCUT2D eigenvalue weighted by molar-refractivity contribution is 5.40. The second-order valence-corrected chi connectivity index (χ2v) is 6.69. The van der Waals surface area contributed by atoms with Gasteiger partial charge in [0.25, 0.3) is 0 Å². The standard InChI is InChI=1S/C17H23NO2/c1-18-14-3-4-15(18)10-13(9-14)17(19)12-2-5-16-11(8-12)6-7-20-16/h2,5,8,13-15,17,19H,3-4,6-7,9-10H2,1H3. The van der Waals surface area contributed by atoms with E-state index in [1.165, 1.54) is 18.4 Å². The van der Waals surface area contributed by atoms with Crippen molar-refractivity contribution in [3.8, 4) is 5.75 Å². The van der Waals surface area contributed by atoms with Crippen molar-refractivity contribution in [2.75, 3.05) is 13.7 Å². The Morgan fingerprint density at radius 2 is 2.00 bits per heavy atom. The second-order valence-electron chi connectivity index (χ2n) is 6.69. The Kier molecular flexibility index (Phi) is 3.00. The second kappa shape index (κ2) is 4.74. The van der Waals surface area contributed by atoms with E-state index in [2.05, 4.69) is 24.1 Å². The molecule has 0 amide bonds. The van der Waals surface area contributed by atoms with Gasteiger partial charge in [-0.1, -0.05) is 6.07 Å². The van der Waals surface area contributed by atoms with Gasteiger partial charge in [0.15, 0.2) is 0 Å². The first-order chi connectivity index (χ1) is 9.72. The molecule has 2 fully saturated rings. The number of aliphatic hydroxyl groups excluding tert-OH is 1. The molecule has 1 N–H and O–H groups in total. The molecule has 3 aliphatic heterocycles. The van der Waals surface area contributed by atoms with Gasteiger partial charge in [0.2, 0.25) is 0 Å². The van der Waals surface area contributed by atoms with E-state index in [0.717, 1.165) is 37.2 Å². The molecule has 3 aliphatic rings. The van der Waals surface area contributed by atoms with E-state index in [0.29, 0.717) is 18.0 Å². The minimum Gasteiger partial charge on any atom is -0.493 e. The molecule has 2 saturated heterocycles. The molecule has 2 bridgehead atoms. The lowest BCUT2D eigenvalue weighted by molar-refractivity contribution is 0.0356. The summed E-state index contributed by atoms with van der Waals surface area (Å²) >= 11 is 0. The fourth-order valence-corrected chi connectivity index (χ4v) is 4.37. The number of rotatable bonds is 2. The molecule has 1 aromatic rings. The van der Waals surface area contributed by atoms with Crippen LogP contribution in [0.5, 0.6) is 5.75 Å². The number of ether oxygens (including phenoxy) is 1. The van der Waals surface area contributed by atoms with Crippen molar-refractivity contribution in [1.82, 2.24) is 4.90 Å². The normalized spacial score (nSPS) is 33.8. The van der Waals surface area contributed by atoms with E-state index in [4.69, 9.17) is 4.74 Å². The molecule has 3 nitrogen and oxygen atoms in total. The minimum atomic E-state index is -0.308. The van der Waals surface area contributed by atoms with Crippen molar-refractivity contribution in [2.45, 2.75) is 50.3 Å². The Bertz CT molecular complexity index is 502. The molecule has 3 heterocycles. The average Bonchev–Trinajstić information content (AvgIpc) is 2.98. The van der Waals surface area contributed by atoms with Gasteiger partial charge in [0.05, 0.1) is 12.7 Å². The van der Waals surface area contributed by atoms with E-state index in [1.807, 2.05) is 6.07 Å². The van der Waals surface area contributed by atoms with Gasteiger partial charge in [0.1, 0.15) is 5.75 Å². The van der Waals surface area contributed by atoms with Crippen LogP contribution < -0.4 is 4.74 Å². The Labute approximate surface area is 120 Å². The number of piperidine rings is 1. The fourth-order valence-electron chi connectivity index (χ4n) is 4.37. The maximum atomic E-state index is 10.8. The third-order valence-corrected chi connectivity index (χ3v) is 5.64.